The molecule has 0 amide bonds. The average Bonchev–Trinajstić information content (AvgIpc) is 2.17. The highest BCUT2D eigenvalue weighted by molar-refractivity contribution is 5.22. The maximum atomic E-state index is 5.51. The van der Waals surface area contributed by atoms with Crippen LogP contribution in [0.15, 0.2) is 36.4 Å². The fraction of sp³-hybridized carbons (Fsp3) is 0.385. The van der Waals surface area contributed by atoms with Crippen molar-refractivity contribution in [2.75, 3.05) is 20.1 Å². The third-order valence-corrected chi connectivity index (χ3v) is 2.32. The summed E-state index contributed by atoms with van der Waals surface area (Å²) in [5.74, 6) is 0. The van der Waals surface area contributed by atoms with Gasteiger partial charge in [-0.1, -0.05) is 36.4 Å². The lowest BCUT2D eigenvalue weighted by atomic mass is 10.1. The Labute approximate surface area is 92.4 Å². The van der Waals surface area contributed by atoms with Gasteiger partial charge in [-0.15, -0.1) is 0 Å². The average molecular weight is 204 g/mol. The van der Waals surface area contributed by atoms with Crippen molar-refractivity contribution in [2.24, 2.45) is 5.73 Å². The van der Waals surface area contributed by atoms with Crippen molar-refractivity contribution in [1.29, 1.82) is 0 Å². The van der Waals surface area contributed by atoms with Crippen LogP contribution in [-0.4, -0.2) is 25.0 Å². The van der Waals surface area contributed by atoms with Gasteiger partial charge in [0.15, 0.2) is 0 Å². The Morgan fingerprint density at radius 1 is 1.47 bits per heavy atom. The molecular formula is C13H20N2. The molecule has 1 aromatic carbocycles. The Balaban J connectivity index is 2.51. The number of aryl methyl sites for hydroxylation is 1. The summed E-state index contributed by atoms with van der Waals surface area (Å²) in [4.78, 5) is 2.23. The molecule has 0 unspecified atom stereocenters. The maximum Gasteiger partial charge on any atom is 0.0234 e. The lowest BCUT2D eigenvalue weighted by Gasteiger charge is -2.17. The Hall–Kier alpha value is -1.12. The van der Waals surface area contributed by atoms with Gasteiger partial charge in [0.05, 0.1) is 0 Å². The van der Waals surface area contributed by atoms with E-state index < -0.39 is 0 Å². The smallest absolute Gasteiger partial charge is 0.0234 e. The largest absolute Gasteiger partial charge is 0.327 e. The van der Waals surface area contributed by atoms with Gasteiger partial charge in [-0.3, -0.25) is 4.90 Å². The molecular weight excluding hydrogens is 184 g/mol. The summed E-state index contributed by atoms with van der Waals surface area (Å²) in [6.07, 6.45) is 0. The molecule has 0 saturated carbocycles. The summed E-state index contributed by atoms with van der Waals surface area (Å²) in [5.41, 5.74) is 9.23. The maximum absolute atomic E-state index is 5.51. The number of rotatable bonds is 5. The molecule has 0 aromatic heterocycles. The number of benzene rings is 1. The van der Waals surface area contributed by atoms with E-state index in [1.165, 1.54) is 11.1 Å². The highest BCUT2D eigenvalue weighted by Gasteiger charge is 2.01. The van der Waals surface area contributed by atoms with Gasteiger partial charge >= 0.3 is 0 Å². The zero-order valence-electron chi connectivity index (χ0n) is 9.66. The van der Waals surface area contributed by atoms with Crippen LogP contribution in [0.1, 0.15) is 11.1 Å². The number of hydrogen-bond acceptors (Lipinski definition) is 2. The minimum absolute atomic E-state index is 0.568. The second kappa shape index (κ2) is 5.69. The molecule has 2 N–H and O–H groups in total. The lowest BCUT2D eigenvalue weighted by molar-refractivity contribution is 0.354. The first-order valence-electron chi connectivity index (χ1n) is 5.22. The summed E-state index contributed by atoms with van der Waals surface area (Å²) in [6.45, 7) is 8.40. The molecule has 1 aromatic rings. The molecule has 0 radical (unpaired) electrons. The second-order valence-electron chi connectivity index (χ2n) is 4.12. The molecule has 0 spiro atoms. The predicted molar refractivity (Wildman–Crippen MR) is 65.7 cm³/mol. The number of nitrogens with two attached hydrogens (primary N) is 1. The van der Waals surface area contributed by atoms with Gasteiger partial charge in [0.1, 0.15) is 0 Å². The minimum Gasteiger partial charge on any atom is -0.327 e. The van der Waals surface area contributed by atoms with Gasteiger partial charge in [0.25, 0.3) is 0 Å². The van der Waals surface area contributed by atoms with Gasteiger partial charge in [-0.2, -0.15) is 0 Å². The summed E-state index contributed by atoms with van der Waals surface area (Å²) in [6, 6.07) is 8.56. The van der Waals surface area contributed by atoms with E-state index in [2.05, 4.69) is 49.7 Å². The van der Waals surface area contributed by atoms with Crippen molar-refractivity contribution >= 4 is 0 Å². The van der Waals surface area contributed by atoms with Gasteiger partial charge < -0.3 is 5.73 Å². The van der Waals surface area contributed by atoms with Gasteiger partial charge in [-0.05, 0) is 25.1 Å². The molecule has 0 aliphatic heterocycles. The Morgan fingerprint density at radius 3 is 2.80 bits per heavy atom. The van der Waals surface area contributed by atoms with Gasteiger partial charge in [0.2, 0.25) is 0 Å². The van der Waals surface area contributed by atoms with Crippen molar-refractivity contribution in [1.82, 2.24) is 4.90 Å². The standard InChI is InChI=1S/C13H20N2/c1-11-5-4-6-13(7-11)10-15(3)9-12(2)8-14/h4-7H,2,8-10,14H2,1,3H3. The van der Waals surface area contributed by atoms with Crippen LogP contribution in [0.4, 0.5) is 0 Å². The van der Waals surface area contributed by atoms with E-state index in [4.69, 9.17) is 5.73 Å². The number of likely N-dealkylation sites (N-methyl/N-ethyl adjacent to an activating group) is 1. The van der Waals surface area contributed by atoms with E-state index in [0.717, 1.165) is 18.7 Å². The lowest BCUT2D eigenvalue weighted by Crippen LogP contribution is -2.23. The van der Waals surface area contributed by atoms with Gasteiger partial charge in [-0.25, -0.2) is 0 Å². The fourth-order valence-electron chi connectivity index (χ4n) is 1.62. The van der Waals surface area contributed by atoms with E-state index in [9.17, 15) is 0 Å². The molecule has 15 heavy (non-hydrogen) atoms. The Kier molecular flexibility index (Phi) is 4.53. The van der Waals surface area contributed by atoms with Crippen LogP contribution >= 0.6 is 0 Å². The third kappa shape index (κ3) is 4.28. The first kappa shape index (κ1) is 12.0. The molecule has 1 rings (SSSR count). The molecule has 0 saturated heterocycles. The molecule has 2 heteroatoms. The van der Waals surface area contributed by atoms with Crippen molar-refractivity contribution in [3.8, 4) is 0 Å². The number of hydrogen-bond donors (Lipinski definition) is 1. The van der Waals surface area contributed by atoms with E-state index in [-0.39, 0.29) is 0 Å². The molecule has 0 heterocycles. The highest BCUT2D eigenvalue weighted by atomic mass is 15.1. The predicted octanol–water partition coefficient (Wildman–Crippen LogP) is 1.94. The van der Waals surface area contributed by atoms with Crippen LogP contribution in [-0.2, 0) is 6.54 Å². The van der Waals surface area contributed by atoms with E-state index in [1.807, 2.05) is 0 Å². The van der Waals surface area contributed by atoms with Crippen LogP contribution in [0, 0.1) is 6.92 Å². The van der Waals surface area contributed by atoms with Crippen molar-refractivity contribution in [3.05, 3.63) is 47.5 Å². The molecule has 2 nitrogen and oxygen atoms in total. The van der Waals surface area contributed by atoms with Crippen LogP contribution in [0.3, 0.4) is 0 Å². The zero-order chi connectivity index (χ0) is 11.3. The van der Waals surface area contributed by atoms with Crippen molar-refractivity contribution in [2.45, 2.75) is 13.5 Å². The summed E-state index contributed by atoms with van der Waals surface area (Å²) < 4.78 is 0. The summed E-state index contributed by atoms with van der Waals surface area (Å²) in [7, 11) is 2.09. The Bertz CT molecular complexity index is 331. The molecule has 0 aliphatic rings. The molecule has 82 valence electrons. The second-order valence-corrected chi connectivity index (χ2v) is 4.12. The van der Waals surface area contributed by atoms with Crippen LogP contribution < -0.4 is 5.73 Å². The summed E-state index contributed by atoms with van der Waals surface area (Å²) >= 11 is 0. The van der Waals surface area contributed by atoms with E-state index in [0.29, 0.717) is 6.54 Å². The van der Waals surface area contributed by atoms with Crippen LogP contribution in [0.25, 0.3) is 0 Å². The quantitative estimate of drug-likeness (QED) is 0.743. The van der Waals surface area contributed by atoms with E-state index in [1.54, 1.807) is 0 Å². The Morgan fingerprint density at radius 2 is 2.20 bits per heavy atom. The van der Waals surface area contributed by atoms with Crippen LogP contribution in [0.5, 0.6) is 0 Å². The first-order chi connectivity index (χ1) is 7.11. The highest BCUT2D eigenvalue weighted by Crippen LogP contribution is 2.07. The monoisotopic (exact) mass is 204 g/mol. The summed E-state index contributed by atoms with van der Waals surface area (Å²) in [5, 5.41) is 0. The van der Waals surface area contributed by atoms with Gasteiger partial charge in [0, 0.05) is 19.6 Å². The zero-order valence-corrected chi connectivity index (χ0v) is 9.66. The molecule has 0 aliphatic carbocycles. The van der Waals surface area contributed by atoms with Crippen LogP contribution in [0.2, 0.25) is 0 Å². The first-order valence-corrected chi connectivity index (χ1v) is 5.22. The fourth-order valence-corrected chi connectivity index (χ4v) is 1.62. The molecule has 0 atom stereocenters. The number of nitrogens with zero attached hydrogens (tertiary/aromatic N) is 1. The van der Waals surface area contributed by atoms with Crippen molar-refractivity contribution in [3.63, 3.8) is 0 Å². The molecule has 0 bridgehead atoms. The SMILES string of the molecule is C=C(CN)CN(C)Cc1cccc(C)c1. The molecule has 0 fully saturated rings. The topological polar surface area (TPSA) is 29.3 Å². The van der Waals surface area contributed by atoms with E-state index >= 15 is 0 Å². The third-order valence-electron chi connectivity index (χ3n) is 2.32. The normalized spacial score (nSPS) is 10.7. The minimum atomic E-state index is 0.568. The van der Waals surface area contributed by atoms with Crippen molar-refractivity contribution < 1.29 is 0 Å².